The Morgan fingerprint density at radius 2 is 2.41 bits per heavy atom. The molecule has 0 radical (unpaired) electrons. The summed E-state index contributed by atoms with van der Waals surface area (Å²) in [4.78, 5) is 24.7. The van der Waals surface area contributed by atoms with Crippen molar-refractivity contribution >= 4 is 5.91 Å². The summed E-state index contributed by atoms with van der Waals surface area (Å²) in [6.07, 6.45) is 0. The number of piperazine rings is 1. The summed E-state index contributed by atoms with van der Waals surface area (Å²) in [7, 11) is 0. The molecule has 0 saturated carbocycles. The van der Waals surface area contributed by atoms with Crippen LogP contribution < -0.4 is 16.6 Å². The van der Waals surface area contributed by atoms with Crippen molar-refractivity contribution in [3.05, 3.63) is 28.2 Å². The number of hydrogen-bond donors (Lipinski definition) is 3. The van der Waals surface area contributed by atoms with E-state index in [0.717, 1.165) is 6.54 Å². The van der Waals surface area contributed by atoms with Crippen LogP contribution >= 0.6 is 0 Å². The molecule has 4 N–H and O–H groups in total. The van der Waals surface area contributed by atoms with Crippen molar-refractivity contribution in [1.29, 1.82) is 0 Å². The van der Waals surface area contributed by atoms with Gasteiger partial charge in [-0.2, -0.15) is 5.10 Å². The minimum absolute atomic E-state index is 0.0232. The summed E-state index contributed by atoms with van der Waals surface area (Å²) in [5.74, 6) is -0.196. The minimum Gasteiger partial charge on any atom is -0.330 e. The van der Waals surface area contributed by atoms with E-state index in [4.69, 9.17) is 5.73 Å². The van der Waals surface area contributed by atoms with Gasteiger partial charge < -0.3 is 16.0 Å². The molecule has 1 amide bonds. The fourth-order valence-corrected chi connectivity index (χ4v) is 1.85. The number of nitrogens with zero attached hydrogens (tertiary/aromatic N) is 2. The molecule has 17 heavy (non-hydrogen) atoms. The predicted octanol–water partition coefficient (Wildman–Crippen LogP) is -1.86. The summed E-state index contributed by atoms with van der Waals surface area (Å²) in [6, 6.07) is 2.70. The number of nitrogens with one attached hydrogen (secondary N) is 2. The number of carbonyl (C=O) groups excluding carboxylic acids is 1. The van der Waals surface area contributed by atoms with Gasteiger partial charge in [-0.1, -0.05) is 0 Å². The molecule has 1 aromatic rings. The van der Waals surface area contributed by atoms with Crippen LogP contribution in [-0.2, 0) is 0 Å². The molecule has 7 nitrogen and oxygen atoms in total. The second-order valence-electron chi connectivity index (χ2n) is 3.90. The molecule has 0 aromatic carbocycles. The zero-order chi connectivity index (χ0) is 12.3. The van der Waals surface area contributed by atoms with Gasteiger partial charge >= 0.3 is 0 Å². The Bertz CT molecular complexity index is 438. The van der Waals surface area contributed by atoms with Gasteiger partial charge in [0.25, 0.3) is 11.5 Å². The Morgan fingerprint density at radius 1 is 1.59 bits per heavy atom. The first-order valence-electron chi connectivity index (χ1n) is 5.50. The molecule has 7 heteroatoms. The maximum Gasteiger partial charge on any atom is 0.274 e. The van der Waals surface area contributed by atoms with Crippen LogP contribution in [0.3, 0.4) is 0 Å². The van der Waals surface area contributed by atoms with E-state index in [9.17, 15) is 9.59 Å². The van der Waals surface area contributed by atoms with E-state index < -0.39 is 0 Å². The standard InChI is InChI=1S/C10H15N5O2/c11-5-7-6-12-3-4-15(7)10(17)8-1-2-9(16)14-13-8/h1-2,7,12H,3-6,11H2,(H,14,16). The average molecular weight is 237 g/mol. The third-order valence-electron chi connectivity index (χ3n) is 2.78. The number of nitrogens with two attached hydrogens (primary N) is 1. The molecule has 92 valence electrons. The lowest BCUT2D eigenvalue weighted by Gasteiger charge is -2.35. The Labute approximate surface area is 98.0 Å². The molecule has 1 saturated heterocycles. The SMILES string of the molecule is NCC1CNCCN1C(=O)c1ccc(=O)[nH]n1. The normalized spacial score (nSPS) is 20.3. The van der Waals surface area contributed by atoms with Crippen LogP contribution in [0, 0.1) is 0 Å². The topological polar surface area (TPSA) is 104 Å². The molecule has 1 aliphatic heterocycles. The van der Waals surface area contributed by atoms with Crippen LogP contribution in [0.2, 0.25) is 0 Å². The molecule has 0 aliphatic carbocycles. The van der Waals surface area contributed by atoms with Crippen LogP contribution in [-0.4, -0.2) is 53.2 Å². The van der Waals surface area contributed by atoms with Gasteiger partial charge in [-0.05, 0) is 6.07 Å². The molecule has 1 atom stereocenters. The first-order valence-corrected chi connectivity index (χ1v) is 5.50. The molecule has 1 fully saturated rings. The van der Waals surface area contributed by atoms with Crippen LogP contribution in [0.15, 0.2) is 16.9 Å². The summed E-state index contributed by atoms with van der Waals surface area (Å²) in [5, 5.41) is 9.16. The first kappa shape index (κ1) is 11.7. The van der Waals surface area contributed by atoms with Gasteiger partial charge in [0, 0.05) is 32.2 Å². The highest BCUT2D eigenvalue weighted by Crippen LogP contribution is 2.06. The van der Waals surface area contributed by atoms with Gasteiger partial charge in [0.2, 0.25) is 0 Å². The predicted molar refractivity (Wildman–Crippen MR) is 61.6 cm³/mol. The van der Waals surface area contributed by atoms with Gasteiger partial charge in [0.05, 0.1) is 6.04 Å². The van der Waals surface area contributed by atoms with Crippen LogP contribution in [0.5, 0.6) is 0 Å². The van der Waals surface area contributed by atoms with Crippen molar-refractivity contribution in [2.24, 2.45) is 5.73 Å². The lowest BCUT2D eigenvalue weighted by Crippen LogP contribution is -2.56. The van der Waals surface area contributed by atoms with Crippen molar-refractivity contribution in [3.63, 3.8) is 0 Å². The Balaban J connectivity index is 2.18. The van der Waals surface area contributed by atoms with Gasteiger partial charge in [0.15, 0.2) is 0 Å². The molecule has 1 aliphatic rings. The van der Waals surface area contributed by atoms with E-state index in [-0.39, 0.29) is 23.2 Å². The molecule has 1 aromatic heterocycles. The fraction of sp³-hybridized carbons (Fsp3) is 0.500. The zero-order valence-corrected chi connectivity index (χ0v) is 9.35. The number of carbonyl (C=O) groups is 1. The Kier molecular flexibility index (Phi) is 3.50. The van der Waals surface area contributed by atoms with E-state index in [2.05, 4.69) is 15.5 Å². The fourth-order valence-electron chi connectivity index (χ4n) is 1.85. The van der Waals surface area contributed by atoms with Gasteiger partial charge in [-0.3, -0.25) is 9.59 Å². The van der Waals surface area contributed by atoms with E-state index in [1.165, 1.54) is 12.1 Å². The monoisotopic (exact) mass is 237 g/mol. The maximum absolute atomic E-state index is 12.1. The van der Waals surface area contributed by atoms with Crippen molar-refractivity contribution < 1.29 is 4.79 Å². The lowest BCUT2D eigenvalue weighted by atomic mass is 10.1. The molecular weight excluding hydrogens is 222 g/mol. The van der Waals surface area contributed by atoms with Crippen LogP contribution in [0.4, 0.5) is 0 Å². The quantitative estimate of drug-likeness (QED) is 0.559. The van der Waals surface area contributed by atoms with Gasteiger partial charge in [0.1, 0.15) is 5.69 Å². The second kappa shape index (κ2) is 5.07. The van der Waals surface area contributed by atoms with Crippen LogP contribution in [0.25, 0.3) is 0 Å². The highest BCUT2D eigenvalue weighted by atomic mass is 16.2. The van der Waals surface area contributed by atoms with Crippen molar-refractivity contribution in [2.45, 2.75) is 6.04 Å². The average Bonchev–Trinajstić information content (AvgIpc) is 2.39. The first-order chi connectivity index (χ1) is 8.22. The van der Waals surface area contributed by atoms with Crippen molar-refractivity contribution in [3.8, 4) is 0 Å². The third-order valence-corrected chi connectivity index (χ3v) is 2.78. The molecule has 2 rings (SSSR count). The Hall–Kier alpha value is -1.73. The smallest absolute Gasteiger partial charge is 0.274 e. The molecule has 1 unspecified atom stereocenters. The number of H-pyrrole nitrogens is 1. The number of rotatable bonds is 2. The molecular formula is C10H15N5O2. The maximum atomic E-state index is 12.1. The number of hydrogen-bond acceptors (Lipinski definition) is 5. The Morgan fingerprint density at radius 3 is 3.06 bits per heavy atom. The van der Waals surface area contributed by atoms with E-state index in [1.807, 2.05) is 0 Å². The third kappa shape index (κ3) is 2.51. The van der Waals surface area contributed by atoms with E-state index >= 15 is 0 Å². The van der Waals surface area contributed by atoms with E-state index in [1.54, 1.807) is 4.90 Å². The molecule has 2 heterocycles. The molecule has 0 spiro atoms. The summed E-state index contributed by atoms with van der Waals surface area (Å²) < 4.78 is 0. The van der Waals surface area contributed by atoms with Crippen molar-refractivity contribution in [1.82, 2.24) is 20.4 Å². The van der Waals surface area contributed by atoms with Crippen molar-refractivity contribution in [2.75, 3.05) is 26.2 Å². The highest BCUT2D eigenvalue weighted by molar-refractivity contribution is 5.92. The van der Waals surface area contributed by atoms with Gasteiger partial charge in [-0.25, -0.2) is 5.10 Å². The zero-order valence-electron chi connectivity index (χ0n) is 9.35. The molecule has 0 bridgehead atoms. The number of aromatic nitrogens is 2. The van der Waals surface area contributed by atoms with Crippen LogP contribution in [0.1, 0.15) is 10.5 Å². The van der Waals surface area contributed by atoms with E-state index in [0.29, 0.717) is 19.6 Å². The largest absolute Gasteiger partial charge is 0.330 e. The number of amides is 1. The lowest BCUT2D eigenvalue weighted by molar-refractivity contribution is 0.0637. The van der Waals surface area contributed by atoms with Gasteiger partial charge in [-0.15, -0.1) is 0 Å². The second-order valence-corrected chi connectivity index (χ2v) is 3.90. The summed E-state index contributed by atoms with van der Waals surface area (Å²) >= 11 is 0. The highest BCUT2D eigenvalue weighted by Gasteiger charge is 2.26. The summed E-state index contributed by atoms with van der Waals surface area (Å²) in [6.45, 7) is 2.43. The minimum atomic E-state index is -0.322. The summed E-state index contributed by atoms with van der Waals surface area (Å²) in [5.41, 5.74) is 5.54. The number of aromatic amines is 1.